The van der Waals surface area contributed by atoms with E-state index in [-0.39, 0.29) is 6.61 Å². The highest BCUT2D eigenvalue weighted by atomic mass is 32.2. The quantitative estimate of drug-likeness (QED) is 0.748. The van der Waals surface area contributed by atoms with Gasteiger partial charge in [-0.1, -0.05) is 31.7 Å². The maximum atomic E-state index is 11.5. The second kappa shape index (κ2) is 9.04. The first-order valence-electron chi connectivity index (χ1n) is 6.42. The fourth-order valence-electron chi connectivity index (χ4n) is 1.18. The Morgan fingerprint density at radius 1 is 1.47 bits per heavy atom. The van der Waals surface area contributed by atoms with E-state index in [9.17, 15) is 9.90 Å². The lowest BCUT2D eigenvalue weighted by Crippen LogP contribution is -2.31. The summed E-state index contributed by atoms with van der Waals surface area (Å²) in [4.78, 5) is 11.5. The van der Waals surface area contributed by atoms with Gasteiger partial charge in [-0.15, -0.1) is 0 Å². The number of ether oxygens (including phenoxy) is 1. The molecule has 0 saturated carbocycles. The van der Waals surface area contributed by atoms with Crippen molar-refractivity contribution in [1.82, 2.24) is 5.32 Å². The van der Waals surface area contributed by atoms with Crippen LogP contribution in [0.3, 0.4) is 0 Å². The summed E-state index contributed by atoms with van der Waals surface area (Å²) in [6.07, 6.45) is 2.47. The zero-order valence-electron chi connectivity index (χ0n) is 12.3. The van der Waals surface area contributed by atoms with Crippen molar-refractivity contribution in [3.63, 3.8) is 0 Å². The second-order valence-corrected chi connectivity index (χ2v) is 6.17. The minimum atomic E-state index is -0.526. The molecule has 0 spiro atoms. The smallest absolute Gasteiger partial charge is 0.412 e. The molecular formula is C14H25NO3S. The van der Waals surface area contributed by atoms with Crippen molar-refractivity contribution in [2.75, 3.05) is 6.61 Å². The molecule has 0 radical (unpaired) electrons. The van der Waals surface area contributed by atoms with Crippen LogP contribution in [0, 0.1) is 0 Å². The highest BCUT2D eigenvalue weighted by Gasteiger charge is 2.16. The summed E-state index contributed by atoms with van der Waals surface area (Å²) in [5.74, 6) is 0. The third kappa shape index (κ3) is 10.7. The van der Waals surface area contributed by atoms with Gasteiger partial charge in [0, 0.05) is 0 Å². The molecule has 0 aromatic carbocycles. The summed E-state index contributed by atoms with van der Waals surface area (Å²) in [7, 11) is 0. The van der Waals surface area contributed by atoms with Crippen LogP contribution in [0.2, 0.25) is 0 Å². The van der Waals surface area contributed by atoms with Crippen molar-refractivity contribution in [2.24, 2.45) is 0 Å². The van der Waals surface area contributed by atoms with Crippen molar-refractivity contribution in [3.05, 3.63) is 22.6 Å². The molecular weight excluding hydrogens is 262 g/mol. The van der Waals surface area contributed by atoms with Crippen LogP contribution in [-0.2, 0) is 4.74 Å². The molecule has 0 aliphatic heterocycles. The predicted molar refractivity (Wildman–Crippen MR) is 80.8 cm³/mol. The minimum Gasteiger partial charge on any atom is -0.444 e. The van der Waals surface area contributed by atoms with Crippen LogP contribution >= 0.6 is 11.8 Å². The first kappa shape index (κ1) is 18.1. The standard InChI is InChI=1S/C14H25NO3S/c1-6-7-8-12(9-16)10-19-11(2)15-13(17)18-14(3,4)5/h10,16H,2,6-9H2,1,3-5H3,(H,15,17)/b12-10+. The molecule has 110 valence electrons. The lowest BCUT2D eigenvalue weighted by Gasteiger charge is -2.19. The van der Waals surface area contributed by atoms with Crippen LogP contribution in [-0.4, -0.2) is 23.4 Å². The average Bonchev–Trinajstić information content (AvgIpc) is 2.26. The van der Waals surface area contributed by atoms with Crippen molar-refractivity contribution < 1.29 is 14.6 Å². The largest absolute Gasteiger partial charge is 0.444 e. The number of carbonyl (C=O) groups excluding carboxylic acids is 1. The Balaban J connectivity index is 4.16. The second-order valence-electron chi connectivity index (χ2n) is 5.21. The molecule has 0 atom stereocenters. The Morgan fingerprint density at radius 3 is 2.58 bits per heavy atom. The lowest BCUT2D eigenvalue weighted by atomic mass is 10.1. The summed E-state index contributed by atoms with van der Waals surface area (Å²) in [6, 6.07) is 0. The van der Waals surface area contributed by atoms with E-state index in [2.05, 4.69) is 18.8 Å². The number of aliphatic hydroxyl groups is 1. The summed E-state index contributed by atoms with van der Waals surface area (Å²) >= 11 is 1.29. The molecule has 0 saturated heterocycles. The van der Waals surface area contributed by atoms with Crippen LogP contribution in [0.1, 0.15) is 47.0 Å². The number of unbranched alkanes of at least 4 members (excludes halogenated alkanes) is 1. The number of hydrogen-bond acceptors (Lipinski definition) is 4. The highest BCUT2D eigenvalue weighted by Crippen LogP contribution is 2.18. The van der Waals surface area contributed by atoms with Gasteiger partial charge in [-0.2, -0.15) is 0 Å². The molecule has 0 aromatic heterocycles. The molecule has 2 N–H and O–H groups in total. The summed E-state index contributed by atoms with van der Waals surface area (Å²) in [6.45, 7) is 11.3. The summed E-state index contributed by atoms with van der Waals surface area (Å²) < 4.78 is 5.11. The van der Waals surface area contributed by atoms with Crippen molar-refractivity contribution in [3.8, 4) is 0 Å². The number of nitrogens with one attached hydrogen (secondary N) is 1. The zero-order valence-corrected chi connectivity index (χ0v) is 13.1. The Morgan fingerprint density at radius 2 is 2.11 bits per heavy atom. The average molecular weight is 287 g/mol. The van der Waals surface area contributed by atoms with E-state index in [0.717, 1.165) is 24.8 Å². The maximum absolute atomic E-state index is 11.5. The predicted octanol–water partition coefficient (Wildman–Crippen LogP) is 3.78. The van der Waals surface area contributed by atoms with Gasteiger partial charge in [0.1, 0.15) is 5.60 Å². The van der Waals surface area contributed by atoms with Crippen LogP contribution in [0.5, 0.6) is 0 Å². The minimum absolute atomic E-state index is 0.0344. The molecule has 0 fully saturated rings. The Hall–Kier alpha value is -0.940. The summed E-state index contributed by atoms with van der Waals surface area (Å²) in [5.41, 5.74) is 0.418. The molecule has 0 unspecified atom stereocenters. The number of alkyl carbamates (subject to hydrolysis) is 1. The van der Waals surface area contributed by atoms with E-state index < -0.39 is 11.7 Å². The van der Waals surface area contributed by atoms with Gasteiger partial charge in [-0.3, -0.25) is 5.32 Å². The van der Waals surface area contributed by atoms with Crippen LogP contribution < -0.4 is 5.32 Å². The van der Waals surface area contributed by atoms with E-state index in [0.29, 0.717) is 5.03 Å². The molecule has 0 aromatic rings. The molecule has 19 heavy (non-hydrogen) atoms. The molecule has 5 heteroatoms. The van der Waals surface area contributed by atoms with Gasteiger partial charge >= 0.3 is 6.09 Å². The first-order chi connectivity index (χ1) is 8.78. The van der Waals surface area contributed by atoms with Gasteiger partial charge in [0.25, 0.3) is 0 Å². The van der Waals surface area contributed by atoms with E-state index in [4.69, 9.17) is 4.74 Å². The van der Waals surface area contributed by atoms with Gasteiger partial charge in [0.05, 0.1) is 11.6 Å². The van der Waals surface area contributed by atoms with Crippen molar-refractivity contribution in [2.45, 2.75) is 52.6 Å². The number of aliphatic hydroxyl groups excluding tert-OH is 1. The molecule has 0 bridgehead atoms. The maximum Gasteiger partial charge on any atom is 0.412 e. The van der Waals surface area contributed by atoms with Gasteiger partial charge in [0.2, 0.25) is 0 Å². The fraction of sp³-hybridized carbons (Fsp3) is 0.643. The fourth-order valence-corrected chi connectivity index (χ4v) is 1.82. The molecule has 1 amide bonds. The molecule has 0 rings (SSSR count). The highest BCUT2D eigenvalue weighted by molar-refractivity contribution is 8.05. The summed E-state index contributed by atoms with van der Waals surface area (Å²) in [5, 5.41) is 14.0. The van der Waals surface area contributed by atoms with Crippen LogP contribution in [0.25, 0.3) is 0 Å². The number of thioether (sulfide) groups is 1. The zero-order chi connectivity index (χ0) is 14.9. The number of rotatable bonds is 7. The lowest BCUT2D eigenvalue weighted by molar-refractivity contribution is 0.0551. The third-order valence-electron chi connectivity index (χ3n) is 2.06. The van der Waals surface area contributed by atoms with Crippen molar-refractivity contribution >= 4 is 17.9 Å². The molecule has 0 aliphatic carbocycles. The number of hydrogen-bond donors (Lipinski definition) is 2. The number of carbonyl (C=O) groups is 1. The molecule has 0 aliphatic rings. The topological polar surface area (TPSA) is 58.6 Å². The van der Waals surface area contributed by atoms with Gasteiger partial charge in [-0.05, 0) is 44.6 Å². The van der Waals surface area contributed by atoms with Crippen LogP contribution in [0.15, 0.2) is 22.6 Å². The van der Waals surface area contributed by atoms with Crippen LogP contribution in [0.4, 0.5) is 4.79 Å². The SMILES string of the molecule is C=C(NC(=O)OC(C)(C)C)S/C=C(/CO)CCCC. The Kier molecular flexibility index (Phi) is 8.59. The first-order valence-corrected chi connectivity index (χ1v) is 7.30. The van der Waals surface area contributed by atoms with Crippen molar-refractivity contribution in [1.29, 1.82) is 0 Å². The Labute approximate surface area is 120 Å². The number of amides is 1. The van der Waals surface area contributed by atoms with Gasteiger partial charge in [0.15, 0.2) is 0 Å². The third-order valence-corrected chi connectivity index (χ3v) is 2.90. The van der Waals surface area contributed by atoms with E-state index in [1.165, 1.54) is 11.8 Å². The van der Waals surface area contributed by atoms with Gasteiger partial charge < -0.3 is 9.84 Å². The normalized spacial score (nSPS) is 12.2. The van der Waals surface area contributed by atoms with Gasteiger partial charge in [-0.25, -0.2) is 4.79 Å². The Bertz CT molecular complexity index is 332. The monoisotopic (exact) mass is 287 g/mol. The van der Waals surface area contributed by atoms with E-state index in [1.807, 2.05) is 5.41 Å². The van der Waals surface area contributed by atoms with E-state index >= 15 is 0 Å². The molecule has 0 heterocycles. The van der Waals surface area contributed by atoms with E-state index in [1.54, 1.807) is 20.8 Å². The molecule has 4 nitrogen and oxygen atoms in total.